The number of aromatic nitrogens is 3. The molecule has 2 aromatic carbocycles. The highest BCUT2D eigenvalue weighted by Gasteiger charge is 2.10. The van der Waals surface area contributed by atoms with Gasteiger partial charge in [0.15, 0.2) is 0 Å². The van der Waals surface area contributed by atoms with Crippen molar-refractivity contribution in [1.82, 2.24) is 15.4 Å². The fourth-order valence-electron chi connectivity index (χ4n) is 2.34. The molecule has 1 aromatic heterocycles. The van der Waals surface area contributed by atoms with Crippen molar-refractivity contribution in [1.29, 1.82) is 0 Å². The van der Waals surface area contributed by atoms with Crippen LogP contribution in [0.1, 0.15) is 16.8 Å². The Morgan fingerprint density at radius 2 is 1.87 bits per heavy atom. The Kier molecular flexibility index (Phi) is 4.06. The van der Waals surface area contributed by atoms with Crippen LogP contribution in [0.15, 0.2) is 36.4 Å². The lowest BCUT2D eigenvalue weighted by Gasteiger charge is -2.10. The van der Waals surface area contributed by atoms with Gasteiger partial charge >= 0.3 is 0 Å². The monoisotopic (exact) mass is 315 g/mol. The minimum absolute atomic E-state index is 0.0513. The molecule has 0 aliphatic rings. The van der Waals surface area contributed by atoms with E-state index in [1.807, 2.05) is 26.0 Å². The molecule has 6 heteroatoms. The molecular formula is C17H15F2N3O. The summed E-state index contributed by atoms with van der Waals surface area (Å²) in [6.45, 7) is 3.72. The van der Waals surface area contributed by atoms with Gasteiger partial charge in [0.05, 0.1) is 5.69 Å². The van der Waals surface area contributed by atoms with Crippen LogP contribution < -0.4 is 4.74 Å². The quantitative estimate of drug-likeness (QED) is 0.793. The molecule has 0 atom stereocenters. The average Bonchev–Trinajstić information content (AvgIpc) is 2.94. The van der Waals surface area contributed by atoms with Crippen LogP contribution >= 0.6 is 0 Å². The summed E-state index contributed by atoms with van der Waals surface area (Å²) in [4.78, 5) is 0. The van der Waals surface area contributed by atoms with E-state index in [2.05, 4.69) is 15.4 Å². The van der Waals surface area contributed by atoms with Gasteiger partial charge in [-0.05, 0) is 55.8 Å². The number of benzene rings is 2. The second kappa shape index (κ2) is 6.16. The minimum Gasteiger partial charge on any atom is -0.489 e. The highest BCUT2D eigenvalue weighted by atomic mass is 19.1. The number of nitrogens with zero attached hydrogens (tertiary/aromatic N) is 2. The number of nitrogens with one attached hydrogen (secondary N) is 1. The second-order valence-electron chi connectivity index (χ2n) is 5.32. The minimum atomic E-state index is -0.494. The van der Waals surface area contributed by atoms with E-state index in [1.54, 1.807) is 6.07 Å². The topological polar surface area (TPSA) is 50.8 Å². The SMILES string of the molecule is Cc1cc(OCc2cc(F)ccc2F)cc(-c2n[nH]nc2C)c1. The summed E-state index contributed by atoms with van der Waals surface area (Å²) in [6.07, 6.45) is 0. The van der Waals surface area contributed by atoms with E-state index in [0.717, 1.165) is 40.7 Å². The standard InChI is InChI=1S/C17H15F2N3O/c1-10-5-12(17-11(2)20-22-21-17)8-15(6-10)23-9-13-7-14(18)3-4-16(13)19/h3-8H,9H2,1-2H3,(H,20,21,22). The van der Waals surface area contributed by atoms with Gasteiger partial charge in [-0.2, -0.15) is 15.4 Å². The molecule has 4 nitrogen and oxygen atoms in total. The Bertz CT molecular complexity index is 846. The van der Waals surface area contributed by atoms with Gasteiger partial charge in [0, 0.05) is 11.1 Å². The van der Waals surface area contributed by atoms with Gasteiger partial charge in [-0.3, -0.25) is 0 Å². The molecular weight excluding hydrogens is 300 g/mol. The molecule has 118 valence electrons. The van der Waals surface area contributed by atoms with Crippen LogP contribution in [-0.4, -0.2) is 15.4 Å². The van der Waals surface area contributed by atoms with E-state index in [-0.39, 0.29) is 12.2 Å². The number of H-pyrrole nitrogens is 1. The molecule has 0 aliphatic heterocycles. The number of ether oxygens (including phenoxy) is 1. The van der Waals surface area contributed by atoms with Crippen molar-refractivity contribution in [2.45, 2.75) is 20.5 Å². The largest absolute Gasteiger partial charge is 0.489 e. The van der Waals surface area contributed by atoms with E-state index in [9.17, 15) is 8.78 Å². The molecule has 1 N–H and O–H groups in total. The zero-order valence-electron chi connectivity index (χ0n) is 12.7. The summed E-state index contributed by atoms with van der Waals surface area (Å²) in [6, 6.07) is 8.89. The Hall–Kier alpha value is -2.76. The van der Waals surface area contributed by atoms with Gasteiger partial charge in [0.25, 0.3) is 0 Å². The smallest absolute Gasteiger partial charge is 0.130 e. The number of aryl methyl sites for hydroxylation is 2. The van der Waals surface area contributed by atoms with Crippen LogP contribution in [-0.2, 0) is 6.61 Å². The van der Waals surface area contributed by atoms with Gasteiger partial charge in [-0.25, -0.2) is 8.78 Å². The van der Waals surface area contributed by atoms with Gasteiger partial charge in [-0.15, -0.1) is 0 Å². The molecule has 0 radical (unpaired) electrons. The van der Waals surface area contributed by atoms with E-state index in [0.29, 0.717) is 5.75 Å². The van der Waals surface area contributed by atoms with Crippen LogP contribution in [0.5, 0.6) is 5.75 Å². The molecule has 0 unspecified atom stereocenters. The number of aromatic amines is 1. The number of hydrogen-bond acceptors (Lipinski definition) is 3. The lowest BCUT2D eigenvalue weighted by Crippen LogP contribution is -2.00. The summed E-state index contributed by atoms with van der Waals surface area (Å²) >= 11 is 0. The lowest BCUT2D eigenvalue weighted by atomic mass is 10.1. The van der Waals surface area contributed by atoms with Gasteiger partial charge < -0.3 is 4.74 Å². The Morgan fingerprint density at radius 3 is 2.61 bits per heavy atom. The molecule has 0 spiro atoms. The summed E-state index contributed by atoms with van der Waals surface area (Å²) in [5.41, 5.74) is 3.50. The predicted octanol–water partition coefficient (Wildman–Crippen LogP) is 3.95. The van der Waals surface area contributed by atoms with Crippen LogP contribution in [0.3, 0.4) is 0 Å². The van der Waals surface area contributed by atoms with Crippen molar-refractivity contribution in [3.8, 4) is 17.0 Å². The van der Waals surface area contributed by atoms with E-state index < -0.39 is 11.6 Å². The zero-order chi connectivity index (χ0) is 16.4. The number of hydrogen-bond donors (Lipinski definition) is 1. The molecule has 23 heavy (non-hydrogen) atoms. The first-order valence-corrected chi connectivity index (χ1v) is 7.09. The first-order chi connectivity index (χ1) is 11.0. The summed E-state index contributed by atoms with van der Waals surface area (Å²) < 4.78 is 32.5. The summed E-state index contributed by atoms with van der Waals surface area (Å²) in [5, 5.41) is 10.7. The predicted molar refractivity (Wildman–Crippen MR) is 82.0 cm³/mol. The van der Waals surface area contributed by atoms with E-state index in [4.69, 9.17) is 4.74 Å². The third-order valence-electron chi connectivity index (χ3n) is 3.45. The van der Waals surface area contributed by atoms with Crippen LogP contribution in [0.2, 0.25) is 0 Å². The van der Waals surface area contributed by atoms with Crippen molar-refractivity contribution in [3.05, 3.63) is 64.9 Å². The van der Waals surface area contributed by atoms with Crippen LogP contribution in [0, 0.1) is 25.5 Å². The average molecular weight is 315 g/mol. The van der Waals surface area contributed by atoms with Crippen molar-refractivity contribution in [2.24, 2.45) is 0 Å². The molecule has 0 saturated heterocycles. The lowest BCUT2D eigenvalue weighted by molar-refractivity contribution is 0.299. The van der Waals surface area contributed by atoms with Crippen molar-refractivity contribution in [2.75, 3.05) is 0 Å². The van der Waals surface area contributed by atoms with Crippen molar-refractivity contribution < 1.29 is 13.5 Å². The van der Waals surface area contributed by atoms with E-state index >= 15 is 0 Å². The maximum absolute atomic E-state index is 13.6. The van der Waals surface area contributed by atoms with Crippen LogP contribution in [0.4, 0.5) is 8.78 Å². The molecule has 0 aliphatic carbocycles. The molecule has 0 bridgehead atoms. The molecule has 0 fully saturated rings. The molecule has 0 amide bonds. The summed E-state index contributed by atoms with van der Waals surface area (Å²) in [7, 11) is 0. The van der Waals surface area contributed by atoms with Crippen molar-refractivity contribution in [3.63, 3.8) is 0 Å². The Labute approximate surface area is 132 Å². The number of halogens is 2. The normalized spacial score (nSPS) is 10.8. The Morgan fingerprint density at radius 1 is 1.04 bits per heavy atom. The highest BCUT2D eigenvalue weighted by Crippen LogP contribution is 2.26. The molecule has 3 aromatic rings. The highest BCUT2D eigenvalue weighted by molar-refractivity contribution is 5.64. The molecule has 3 rings (SSSR count). The zero-order valence-corrected chi connectivity index (χ0v) is 12.7. The number of rotatable bonds is 4. The van der Waals surface area contributed by atoms with Gasteiger partial charge in [0.1, 0.15) is 29.7 Å². The first-order valence-electron chi connectivity index (χ1n) is 7.09. The van der Waals surface area contributed by atoms with Crippen LogP contribution in [0.25, 0.3) is 11.3 Å². The fourth-order valence-corrected chi connectivity index (χ4v) is 2.34. The fraction of sp³-hybridized carbons (Fsp3) is 0.176. The second-order valence-corrected chi connectivity index (χ2v) is 5.32. The maximum atomic E-state index is 13.6. The van der Waals surface area contributed by atoms with E-state index in [1.165, 1.54) is 0 Å². The summed E-state index contributed by atoms with van der Waals surface area (Å²) in [5.74, 6) is -0.425. The first kappa shape index (κ1) is 15.1. The van der Waals surface area contributed by atoms with Crippen molar-refractivity contribution >= 4 is 0 Å². The molecule has 1 heterocycles. The van der Waals surface area contributed by atoms with Gasteiger partial charge in [-0.1, -0.05) is 0 Å². The third kappa shape index (κ3) is 3.36. The van der Waals surface area contributed by atoms with Gasteiger partial charge in [0.2, 0.25) is 0 Å². The Balaban J connectivity index is 1.85. The maximum Gasteiger partial charge on any atom is 0.130 e. The molecule has 0 saturated carbocycles. The third-order valence-corrected chi connectivity index (χ3v) is 3.45.